The van der Waals surface area contributed by atoms with Gasteiger partial charge in [0.15, 0.2) is 0 Å². The summed E-state index contributed by atoms with van der Waals surface area (Å²) in [6.45, 7) is 3.62. The molecule has 0 heterocycles. The predicted octanol–water partition coefficient (Wildman–Crippen LogP) is -0.0972. The summed E-state index contributed by atoms with van der Waals surface area (Å²) in [7, 11) is 1.44. The van der Waals surface area contributed by atoms with Gasteiger partial charge in [-0.3, -0.25) is 9.59 Å². The van der Waals surface area contributed by atoms with Gasteiger partial charge in [0.25, 0.3) is 0 Å². The lowest BCUT2D eigenvalue weighted by atomic mass is 10.0. The van der Waals surface area contributed by atoms with Crippen LogP contribution in [0.1, 0.15) is 20.3 Å². The minimum Gasteiger partial charge on any atom is -0.480 e. The first-order valence-electron chi connectivity index (χ1n) is 4.57. The zero-order valence-electron chi connectivity index (χ0n) is 8.86. The van der Waals surface area contributed by atoms with E-state index in [1.807, 2.05) is 13.8 Å². The third kappa shape index (κ3) is 4.81. The van der Waals surface area contributed by atoms with Crippen molar-refractivity contribution in [3.8, 4) is 0 Å². The molecule has 0 aliphatic carbocycles. The quantitative estimate of drug-likeness (QED) is 0.652. The predicted molar refractivity (Wildman–Crippen MR) is 52.7 cm³/mol. The van der Waals surface area contributed by atoms with Crippen molar-refractivity contribution in [2.45, 2.75) is 26.3 Å². The summed E-state index contributed by atoms with van der Waals surface area (Å²) in [4.78, 5) is 22.9. The van der Waals surface area contributed by atoms with E-state index >= 15 is 0 Å². The Morgan fingerprint density at radius 1 is 1.43 bits per heavy atom. The lowest BCUT2D eigenvalue weighted by molar-refractivity contribution is -0.144. The summed E-state index contributed by atoms with van der Waals surface area (Å²) >= 11 is 0. The van der Waals surface area contributed by atoms with Crippen molar-refractivity contribution in [2.24, 2.45) is 11.7 Å². The normalized spacial score (nSPS) is 12.6. The number of nitrogens with two attached hydrogens (primary N) is 1. The molecule has 0 aliphatic rings. The highest BCUT2D eigenvalue weighted by Crippen LogP contribution is 2.04. The highest BCUT2D eigenvalue weighted by atomic mass is 16.4. The second kappa shape index (κ2) is 5.59. The summed E-state index contributed by atoms with van der Waals surface area (Å²) in [5.41, 5.74) is 5.61. The monoisotopic (exact) mass is 202 g/mol. The number of carbonyl (C=O) groups excluding carboxylic acids is 1. The van der Waals surface area contributed by atoms with Crippen LogP contribution in [0.25, 0.3) is 0 Å². The first-order valence-corrected chi connectivity index (χ1v) is 4.57. The van der Waals surface area contributed by atoms with Gasteiger partial charge in [0.2, 0.25) is 5.91 Å². The highest BCUT2D eigenvalue weighted by Gasteiger charge is 2.20. The van der Waals surface area contributed by atoms with Gasteiger partial charge >= 0.3 is 5.97 Å². The maximum Gasteiger partial charge on any atom is 0.323 e. The molecule has 5 nitrogen and oxygen atoms in total. The second-order valence-corrected chi connectivity index (χ2v) is 3.82. The molecular formula is C9H18N2O3. The maximum atomic E-state index is 11.5. The fourth-order valence-corrected chi connectivity index (χ4v) is 1.17. The van der Waals surface area contributed by atoms with Gasteiger partial charge in [0.05, 0.1) is 6.04 Å². The van der Waals surface area contributed by atoms with Crippen molar-refractivity contribution in [1.82, 2.24) is 4.90 Å². The summed E-state index contributed by atoms with van der Waals surface area (Å²) < 4.78 is 0. The number of carbonyl (C=O) groups is 2. The van der Waals surface area contributed by atoms with E-state index in [1.54, 1.807) is 0 Å². The first kappa shape index (κ1) is 12.9. The lowest BCUT2D eigenvalue weighted by Crippen LogP contribution is -2.44. The van der Waals surface area contributed by atoms with E-state index in [2.05, 4.69) is 0 Å². The Bertz CT molecular complexity index is 216. The minimum atomic E-state index is -1.03. The maximum absolute atomic E-state index is 11.5. The van der Waals surface area contributed by atoms with Crippen LogP contribution in [0, 0.1) is 5.92 Å². The molecule has 5 heteroatoms. The van der Waals surface area contributed by atoms with Gasteiger partial charge in [-0.2, -0.15) is 0 Å². The molecule has 1 atom stereocenters. The van der Waals surface area contributed by atoms with E-state index in [4.69, 9.17) is 10.8 Å². The topological polar surface area (TPSA) is 83.6 Å². The number of hydrogen-bond donors (Lipinski definition) is 2. The van der Waals surface area contributed by atoms with Crippen LogP contribution in [0.2, 0.25) is 0 Å². The second-order valence-electron chi connectivity index (χ2n) is 3.82. The van der Waals surface area contributed by atoms with Crippen LogP contribution < -0.4 is 5.73 Å². The van der Waals surface area contributed by atoms with Gasteiger partial charge < -0.3 is 15.7 Å². The van der Waals surface area contributed by atoms with Crippen LogP contribution in [0.4, 0.5) is 0 Å². The molecular weight excluding hydrogens is 184 g/mol. The Morgan fingerprint density at radius 3 is 2.29 bits per heavy atom. The van der Waals surface area contributed by atoms with Gasteiger partial charge in [-0.1, -0.05) is 13.8 Å². The fraction of sp³-hybridized carbons (Fsp3) is 0.778. The number of aliphatic carboxylic acids is 1. The van der Waals surface area contributed by atoms with Crippen molar-refractivity contribution in [3.63, 3.8) is 0 Å². The molecule has 0 radical (unpaired) electrons. The molecule has 0 unspecified atom stereocenters. The fourth-order valence-electron chi connectivity index (χ4n) is 1.17. The molecule has 0 spiro atoms. The van der Waals surface area contributed by atoms with Crippen molar-refractivity contribution < 1.29 is 14.7 Å². The number of rotatable bonds is 5. The van der Waals surface area contributed by atoms with E-state index in [9.17, 15) is 9.59 Å². The van der Waals surface area contributed by atoms with Gasteiger partial charge in [-0.15, -0.1) is 0 Å². The smallest absolute Gasteiger partial charge is 0.323 e. The third-order valence-corrected chi connectivity index (χ3v) is 1.79. The number of hydrogen-bond acceptors (Lipinski definition) is 3. The SMILES string of the molecule is CC(C)C[C@H](N)C(=O)N(C)CC(=O)O. The molecule has 14 heavy (non-hydrogen) atoms. The number of nitrogens with zero attached hydrogens (tertiary/aromatic N) is 1. The third-order valence-electron chi connectivity index (χ3n) is 1.79. The van der Waals surface area contributed by atoms with Crippen LogP contribution in [-0.2, 0) is 9.59 Å². The van der Waals surface area contributed by atoms with Gasteiger partial charge in [0, 0.05) is 7.05 Å². The summed E-state index contributed by atoms with van der Waals surface area (Å²) in [6, 6.07) is -0.598. The molecule has 0 aromatic carbocycles. The van der Waals surface area contributed by atoms with E-state index in [0.717, 1.165) is 4.90 Å². The van der Waals surface area contributed by atoms with E-state index in [1.165, 1.54) is 7.05 Å². The highest BCUT2D eigenvalue weighted by molar-refractivity contribution is 5.84. The van der Waals surface area contributed by atoms with Crippen LogP contribution in [0.15, 0.2) is 0 Å². The lowest BCUT2D eigenvalue weighted by Gasteiger charge is -2.20. The Hall–Kier alpha value is -1.10. The van der Waals surface area contributed by atoms with E-state index in [-0.39, 0.29) is 12.5 Å². The van der Waals surface area contributed by atoms with Crippen molar-refractivity contribution in [2.75, 3.05) is 13.6 Å². The molecule has 82 valence electrons. The zero-order valence-corrected chi connectivity index (χ0v) is 8.86. The molecule has 0 saturated heterocycles. The van der Waals surface area contributed by atoms with Crippen molar-refractivity contribution >= 4 is 11.9 Å². The van der Waals surface area contributed by atoms with E-state index < -0.39 is 12.0 Å². The average Bonchev–Trinajstić information content (AvgIpc) is 2.00. The van der Waals surface area contributed by atoms with Crippen molar-refractivity contribution in [3.05, 3.63) is 0 Å². The van der Waals surface area contributed by atoms with Crippen LogP contribution in [0.3, 0.4) is 0 Å². The molecule has 0 saturated carbocycles. The molecule has 0 aliphatic heterocycles. The summed E-state index contributed by atoms with van der Waals surface area (Å²) in [5.74, 6) is -1.02. The first-order chi connectivity index (χ1) is 6.34. The molecule has 0 fully saturated rings. The standard InChI is InChI=1S/C9H18N2O3/c1-6(2)4-7(10)9(14)11(3)5-8(12)13/h6-7H,4-5,10H2,1-3H3,(H,12,13)/t7-/m0/s1. The Labute approximate surface area is 83.9 Å². The van der Waals surface area contributed by atoms with Crippen LogP contribution in [-0.4, -0.2) is 41.5 Å². The number of amides is 1. The number of carboxylic acid groups (broad SMARTS) is 1. The zero-order chi connectivity index (χ0) is 11.3. The molecule has 0 bridgehead atoms. The van der Waals surface area contributed by atoms with Gasteiger partial charge in [0.1, 0.15) is 6.54 Å². The van der Waals surface area contributed by atoms with Crippen molar-refractivity contribution in [1.29, 1.82) is 0 Å². The van der Waals surface area contributed by atoms with Gasteiger partial charge in [-0.25, -0.2) is 0 Å². The number of likely N-dealkylation sites (N-methyl/N-ethyl adjacent to an activating group) is 1. The van der Waals surface area contributed by atoms with E-state index in [0.29, 0.717) is 12.3 Å². The summed E-state index contributed by atoms with van der Waals surface area (Å²) in [5, 5.41) is 8.46. The Kier molecular flexibility index (Phi) is 5.15. The molecule has 0 aromatic rings. The van der Waals surface area contributed by atoms with Crippen LogP contribution in [0.5, 0.6) is 0 Å². The molecule has 0 rings (SSSR count). The Morgan fingerprint density at radius 2 is 1.93 bits per heavy atom. The number of carboxylic acids is 1. The molecule has 3 N–H and O–H groups in total. The molecule has 0 aromatic heterocycles. The van der Waals surface area contributed by atoms with Crippen LogP contribution >= 0.6 is 0 Å². The Balaban J connectivity index is 4.10. The molecule has 1 amide bonds. The van der Waals surface area contributed by atoms with Gasteiger partial charge in [-0.05, 0) is 12.3 Å². The largest absolute Gasteiger partial charge is 0.480 e. The average molecular weight is 202 g/mol. The summed E-state index contributed by atoms with van der Waals surface area (Å²) in [6.07, 6.45) is 0.572. The minimum absolute atomic E-state index is 0.301.